The summed E-state index contributed by atoms with van der Waals surface area (Å²) < 4.78 is 19.3. The van der Waals surface area contributed by atoms with Gasteiger partial charge in [0.15, 0.2) is 0 Å². The van der Waals surface area contributed by atoms with Crippen LogP contribution >= 0.6 is 0 Å². The highest BCUT2D eigenvalue weighted by molar-refractivity contribution is 5.87. The Morgan fingerprint density at radius 3 is 2.67 bits per heavy atom. The molecule has 0 radical (unpaired) electrons. The molecule has 0 atom stereocenters. The molecule has 2 amide bonds. The minimum Gasteiger partial charge on any atom is -0.494 e. The highest BCUT2D eigenvalue weighted by Crippen LogP contribution is 2.31. The molecule has 1 heterocycles. The van der Waals surface area contributed by atoms with E-state index in [0.29, 0.717) is 37.6 Å². The maximum atomic E-state index is 14.1. The van der Waals surface area contributed by atoms with Crippen LogP contribution in [0.5, 0.6) is 5.75 Å². The number of ether oxygens (including phenoxy) is 1. The van der Waals surface area contributed by atoms with Gasteiger partial charge >= 0.3 is 0 Å². The van der Waals surface area contributed by atoms with Crippen LogP contribution in [-0.2, 0) is 9.59 Å². The molecule has 1 aromatic carbocycles. The summed E-state index contributed by atoms with van der Waals surface area (Å²) in [5.41, 5.74) is 0.436. The zero-order valence-electron chi connectivity index (χ0n) is 13.8. The van der Waals surface area contributed by atoms with Gasteiger partial charge in [-0.1, -0.05) is 12.6 Å². The molecule has 0 aliphatic carbocycles. The molecule has 2 rings (SSSR count). The van der Waals surface area contributed by atoms with Gasteiger partial charge in [-0.3, -0.25) is 9.59 Å². The van der Waals surface area contributed by atoms with Crippen molar-refractivity contribution in [1.82, 2.24) is 10.2 Å². The molecule has 0 spiro atoms. The number of methoxy groups -OCH3 is 1. The Morgan fingerprint density at radius 2 is 2.04 bits per heavy atom. The lowest BCUT2D eigenvalue weighted by Crippen LogP contribution is -2.49. The number of nitrogens with zero attached hydrogens (tertiary/aromatic N) is 2. The summed E-state index contributed by atoms with van der Waals surface area (Å²) in [4.78, 5) is 26.8. The number of nitrogens with one attached hydrogen (secondary N) is 1. The standard InChI is InChI=1S/C17H22FN3O3/c1-3-15(22)19-8-7-16(23)20-9-11-21(12-10-20)17-13(18)5-4-6-14(17)24-2/h3-6H,1,7-12H2,2H3,(H,19,22). The summed E-state index contributed by atoms with van der Waals surface area (Å²) in [6.45, 7) is 5.71. The van der Waals surface area contributed by atoms with Crippen LogP contribution in [0.15, 0.2) is 30.9 Å². The Labute approximate surface area is 140 Å². The predicted molar refractivity (Wildman–Crippen MR) is 89.6 cm³/mol. The van der Waals surface area contributed by atoms with Gasteiger partial charge in [-0.25, -0.2) is 4.39 Å². The Hall–Kier alpha value is -2.57. The number of hydrogen-bond donors (Lipinski definition) is 1. The number of anilines is 1. The van der Waals surface area contributed by atoms with E-state index in [-0.39, 0.29) is 30.6 Å². The largest absolute Gasteiger partial charge is 0.494 e. The van der Waals surface area contributed by atoms with Crippen molar-refractivity contribution in [3.05, 3.63) is 36.7 Å². The molecule has 0 unspecified atom stereocenters. The molecule has 1 aliphatic heterocycles. The first-order valence-electron chi connectivity index (χ1n) is 7.82. The highest BCUT2D eigenvalue weighted by Gasteiger charge is 2.24. The Morgan fingerprint density at radius 1 is 1.33 bits per heavy atom. The maximum Gasteiger partial charge on any atom is 0.243 e. The van der Waals surface area contributed by atoms with Crippen LogP contribution in [0.2, 0.25) is 0 Å². The van der Waals surface area contributed by atoms with Crippen molar-refractivity contribution in [3.63, 3.8) is 0 Å². The average Bonchev–Trinajstić information content (AvgIpc) is 2.61. The van der Waals surface area contributed by atoms with Gasteiger partial charge < -0.3 is 19.9 Å². The smallest absolute Gasteiger partial charge is 0.243 e. The van der Waals surface area contributed by atoms with Crippen molar-refractivity contribution in [1.29, 1.82) is 0 Å². The summed E-state index contributed by atoms with van der Waals surface area (Å²) in [6.07, 6.45) is 1.41. The lowest BCUT2D eigenvalue weighted by molar-refractivity contribution is -0.131. The third kappa shape index (κ3) is 4.24. The van der Waals surface area contributed by atoms with Crippen molar-refractivity contribution in [3.8, 4) is 5.75 Å². The molecule has 130 valence electrons. The van der Waals surface area contributed by atoms with E-state index in [1.807, 2.05) is 4.90 Å². The maximum absolute atomic E-state index is 14.1. The van der Waals surface area contributed by atoms with Crippen LogP contribution in [0, 0.1) is 5.82 Å². The van der Waals surface area contributed by atoms with Gasteiger partial charge in [-0.05, 0) is 18.2 Å². The Balaban J connectivity index is 1.88. The third-order valence-corrected chi connectivity index (χ3v) is 3.94. The Kier molecular flexibility index (Phi) is 6.17. The third-order valence-electron chi connectivity index (χ3n) is 3.94. The number of amides is 2. The molecule has 1 aromatic rings. The van der Waals surface area contributed by atoms with Gasteiger partial charge in [-0.15, -0.1) is 0 Å². The summed E-state index contributed by atoms with van der Waals surface area (Å²) in [5, 5.41) is 2.58. The molecule has 1 fully saturated rings. The fourth-order valence-electron chi connectivity index (χ4n) is 2.67. The van der Waals surface area contributed by atoms with E-state index in [1.54, 1.807) is 17.0 Å². The van der Waals surface area contributed by atoms with Gasteiger partial charge in [0.2, 0.25) is 11.8 Å². The zero-order chi connectivity index (χ0) is 17.5. The fourth-order valence-corrected chi connectivity index (χ4v) is 2.67. The molecule has 7 heteroatoms. The molecule has 0 aromatic heterocycles. The molecule has 0 saturated carbocycles. The lowest BCUT2D eigenvalue weighted by Gasteiger charge is -2.36. The van der Waals surface area contributed by atoms with Crippen molar-refractivity contribution in [2.75, 3.05) is 44.7 Å². The van der Waals surface area contributed by atoms with E-state index in [2.05, 4.69) is 11.9 Å². The minimum atomic E-state index is -0.332. The number of para-hydroxylation sites is 1. The molecule has 1 saturated heterocycles. The summed E-state index contributed by atoms with van der Waals surface area (Å²) in [6, 6.07) is 4.73. The lowest BCUT2D eigenvalue weighted by atomic mass is 10.2. The topological polar surface area (TPSA) is 61.9 Å². The van der Waals surface area contributed by atoms with E-state index in [9.17, 15) is 14.0 Å². The van der Waals surface area contributed by atoms with Crippen LogP contribution in [0.4, 0.5) is 10.1 Å². The second-order valence-corrected chi connectivity index (χ2v) is 5.40. The molecule has 0 bridgehead atoms. The average molecular weight is 335 g/mol. The number of hydrogen-bond acceptors (Lipinski definition) is 4. The molecule has 1 N–H and O–H groups in total. The first kappa shape index (κ1) is 17.8. The van der Waals surface area contributed by atoms with E-state index >= 15 is 0 Å². The summed E-state index contributed by atoms with van der Waals surface area (Å²) in [5.74, 6) is -0.165. The normalized spacial score (nSPS) is 14.2. The number of halogens is 1. The number of carbonyl (C=O) groups is 2. The van der Waals surface area contributed by atoms with Gasteiger partial charge in [0.05, 0.1) is 7.11 Å². The number of piperazine rings is 1. The van der Waals surface area contributed by atoms with Gasteiger partial charge in [0, 0.05) is 39.1 Å². The van der Waals surface area contributed by atoms with Crippen LogP contribution in [-0.4, -0.2) is 56.5 Å². The van der Waals surface area contributed by atoms with E-state index in [1.165, 1.54) is 19.3 Å². The van der Waals surface area contributed by atoms with E-state index < -0.39 is 0 Å². The van der Waals surface area contributed by atoms with Crippen molar-refractivity contribution >= 4 is 17.5 Å². The van der Waals surface area contributed by atoms with Gasteiger partial charge in [0.25, 0.3) is 0 Å². The second-order valence-electron chi connectivity index (χ2n) is 5.40. The number of rotatable bonds is 6. The zero-order valence-corrected chi connectivity index (χ0v) is 13.8. The molecule has 6 nitrogen and oxygen atoms in total. The monoisotopic (exact) mass is 335 g/mol. The van der Waals surface area contributed by atoms with E-state index in [4.69, 9.17) is 4.74 Å². The molecule has 24 heavy (non-hydrogen) atoms. The second kappa shape index (κ2) is 8.33. The van der Waals surface area contributed by atoms with Crippen LogP contribution in [0.1, 0.15) is 6.42 Å². The van der Waals surface area contributed by atoms with Crippen molar-refractivity contribution < 1.29 is 18.7 Å². The first-order chi connectivity index (χ1) is 11.6. The SMILES string of the molecule is C=CC(=O)NCCC(=O)N1CCN(c2c(F)cccc2OC)CC1. The van der Waals surface area contributed by atoms with Crippen molar-refractivity contribution in [2.45, 2.75) is 6.42 Å². The number of carbonyl (C=O) groups excluding carboxylic acids is 2. The van der Waals surface area contributed by atoms with Gasteiger partial charge in [0.1, 0.15) is 17.3 Å². The van der Waals surface area contributed by atoms with Crippen LogP contribution < -0.4 is 15.0 Å². The quantitative estimate of drug-likeness (QED) is 0.793. The predicted octanol–water partition coefficient (Wildman–Crippen LogP) is 1.18. The molecular weight excluding hydrogens is 313 g/mol. The first-order valence-corrected chi connectivity index (χ1v) is 7.82. The summed E-state index contributed by atoms with van der Waals surface area (Å²) >= 11 is 0. The fraction of sp³-hybridized carbons (Fsp3) is 0.412. The van der Waals surface area contributed by atoms with Gasteiger partial charge in [-0.2, -0.15) is 0 Å². The highest BCUT2D eigenvalue weighted by atomic mass is 19.1. The molecule has 1 aliphatic rings. The van der Waals surface area contributed by atoms with Crippen LogP contribution in [0.25, 0.3) is 0 Å². The van der Waals surface area contributed by atoms with Crippen LogP contribution in [0.3, 0.4) is 0 Å². The van der Waals surface area contributed by atoms with E-state index in [0.717, 1.165) is 0 Å². The Bertz CT molecular complexity index is 613. The summed E-state index contributed by atoms with van der Waals surface area (Å²) in [7, 11) is 1.51. The van der Waals surface area contributed by atoms with Crippen molar-refractivity contribution in [2.24, 2.45) is 0 Å². The molecular formula is C17H22FN3O3. The minimum absolute atomic E-state index is 0.0282. The number of benzene rings is 1.